The predicted octanol–water partition coefficient (Wildman–Crippen LogP) is 3.91. The number of allylic oxidation sites excluding steroid dienone is 2. The molecule has 0 fully saturated rings. The molecule has 7 heteroatoms. The van der Waals surface area contributed by atoms with Crippen molar-refractivity contribution in [3.63, 3.8) is 0 Å². The van der Waals surface area contributed by atoms with Crippen LogP contribution in [-0.4, -0.2) is 40.4 Å². The lowest BCUT2D eigenvalue weighted by atomic mass is 10.1. The molecule has 2 aromatic rings. The van der Waals surface area contributed by atoms with E-state index in [1.54, 1.807) is 13.3 Å². The number of aromatic nitrogens is 3. The molecule has 2 rings (SSSR count). The third-order valence-electron chi connectivity index (χ3n) is 3.72. The number of nitrogens with one attached hydrogen (secondary N) is 2. The smallest absolute Gasteiger partial charge is 0.232 e. The Hall–Kier alpha value is -3.06. The lowest BCUT2D eigenvalue weighted by Gasteiger charge is -2.23. The third kappa shape index (κ3) is 6.63. The van der Waals surface area contributed by atoms with E-state index in [1.807, 2.05) is 57.2 Å². The molecule has 2 N–H and O–H groups in total. The van der Waals surface area contributed by atoms with E-state index in [-0.39, 0.29) is 5.60 Å². The average Bonchev–Trinajstić information content (AvgIpc) is 2.67. The molecular formula is C20H26N6O. The lowest BCUT2D eigenvalue weighted by molar-refractivity contribution is 0.0342. The summed E-state index contributed by atoms with van der Waals surface area (Å²) in [6.07, 6.45) is 4.93. The second-order valence-electron chi connectivity index (χ2n) is 6.45. The monoisotopic (exact) mass is 366 g/mol. The molecule has 1 aromatic carbocycles. The van der Waals surface area contributed by atoms with Crippen molar-refractivity contribution in [2.45, 2.75) is 26.4 Å². The standard InChI is InChI=1S/C20H26N6O/c1-6-21-13-12-15(2)23-19-25-17(16-10-8-7-9-11-16)24-18(26-19)22-14-20(3,4)27-5/h6-13H,1,14H2,2-5H3,(H2,22,23,24,25,26)/b15-12+,21-13-. The Morgan fingerprint density at radius 2 is 1.89 bits per heavy atom. The number of ether oxygens (including phenoxy) is 1. The summed E-state index contributed by atoms with van der Waals surface area (Å²) < 4.78 is 5.44. The maximum absolute atomic E-state index is 5.44. The highest BCUT2D eigenvalue weighted by Crippen LogP contribution is 2.19. The van der Waals surface area contributed by atoms with Crippen LogP contribution in [0.3, 0.4) is 0 Å². The summed E-state index contributed by atoms with van der Waals surface area (Å²) in [7, 11) is 1.68. The fourth-order valence-electron chi connectivity index (χ4n) is 2.03. The number of rotatable bonds is 9. The molecule has 0 amide bonds. The fraction of sp³-hybridized carbons (Fsp3) is 0.300. The van der Waals surface area contributed by atoms with Gasteiger partial charge in [-0.05, 0) is 26.8 Å². The molecule has 0 radical (unpaired) electrons. The molecular weight excluding hydrogens is 340 g/mol. The van der Waals surface area contributed by atoms with Gasteiger partial charge in [-0.15, -0.1) is 0 Å². The molecule has 0 unspecified atom stereocenters. The summed E-state index contributed by atoms with van der Waals surface area (Å²) in [4.78, 5) is 17.5. The summed E-state index contributed by atoms with van der Waals surface area (Å²) in [5.74, 6) is 1.50. The van der Waals surface area contributed by atoms with Crippen LogP contribution in [0.4, 0.5) is 11.9 Å². The summed E-state index contributed by atoms with van der Waals surface area (Å²) in [5.41, 5.74) is 1.41. The number of anilines is 2. The fourth-order valence-corrected chi connectivity index (χ4v) is 2.03. The van der Waals surface area contributed by atoms with E-state index >= 15 is 0 Å². The van der Waals surface area contributed by atoms with Gasteiger partial charge in [0, 0.05) is 37.3 Å². The molecule has 0 aliphatic rings. The first-order chi connectivity index (χ1) is 12.9. The van der Waals surface area contributed by atoms with E-state index in [2.05, 4.69) is 37.2 Å². The van der Waals surface area contributed by atoms with E-state index in [0.717, 1.165) is 11.3 Å². The molecule has 0 aliphatic heterocycles. The van der Waals surface area contributed by atoms with Gasteiger partial charge in [0.15, 0.2) is 5.82 Å². The normalized spacial score (nSPS) is 12.2. The molecule has 0 saturated carbocycles. The molecule has 1 heterocycles. The zero-order valence-corrected chi connectivity index (χ0v) is 16.2. The lowest BCUT2D eigenvalue weighted by Crippen LogP contribution is -2.32. The Morgan fingerprint density at radius 1 is 1.19 bits per heavy atom. The van der Waals surface area contributed by atoms with Gasteiger partial charge in [0.2, 0.25) is 11.9 Å². The first-order valence-electron chi connectivity index (χ1n) is 8.62. The van der Waals surface area contributed by atoms with Crippen LogP contribution in [0.25, 0.3) is 11.4 Å². The van der Waals surface area contributed by atoms with Crippen LogP contribution in [-0.2, 0) is 4.74 Å². The Labute approximate surface area is 160 Å². The molecule has 0 aliphatic carbocycles. The van der Waals surface area contributed by atoms with Gasteiger partial charge in [0.05, 0.1) is 5.60 Å². The molecule has 0 spiro atoms. The second kappa shape index (κ2) is 9.59. The zero-order chi connectivity index (χ0) is 19.7. The molecule has 142 valence electrons. The molecule has 27 heavy (non-hydrogen) atoms. The summed E-state index contributed by atoms with van der Waals surface area (Å²) in [5, 5.41) is 6.39. The van der Waals surface area contributed by atoms with Gasteiger partial charge in [-0.1, -0.05) is 36.9 Å². The van der Waals surface area contributed by atoms with E-state index in [4.69, 9.17) is 4.74 Å². The Bertz CT molecular complexity index is 814. The number of hydrogen-bond donors (Lipinski definition) is 2. The second-order valence-corrected chi connectivity index (χ2v) is 6.45. The zero-order valence-electron chi connectivity index (χ0n) is 16.2. The maximum Gasteiger partial charge on any atom is 0.232 e. The van der Waals surface area contributed by atoms with Crippen molar-refractivity contribution in [3.05, 3.63) is 54.9 Å². The molecule has 0 saturated heterocycles. The van der Waals surface area contributed by atoms with Crippen LogP contribution in [0.15, 0.2) is 59.9 Å². The number of methoxy groups -OCH3 is 1. The van der Waals surface area contributed by atoms with Crippen molar-refractivity contribution >= 4 is 18.1 Å². The van der Waals surface area contributed by atoms with Gasteiger partial charge in [-0.3, -0.25) is 4.99 Å². The number of nitrogens with zero attached hydrogens (tertiary/aromatic N) is 4. The predicted molar refractivity (Wildman–Crippen MR) is 111 cm³/mol. The van der Waals surface area contributed by atoms with Crippen LogP contribution in [0, 0.1) is 0 Å². The topological polar surface area (TPSA) is 84.3 Å². The maximum atomic E-state index is 5.44. The Kier molecular flexibility index (Phi) is 7.19. The number of benzene rings is 1. The molecule has 7 nitrogen and oxygen atoms in total. The highest BCUT2D eigenvalue weighted by atomic mass is 16.5. The van der Waals surface area contributed by atoms with Gasteiger partial charge in [0.1, 0.15) is 0 Å². The van der Waals surface area contributed by atoms with E-state index in [9.17, 15) is 0 Å². The summed E-state index contributed by atoms with van der Waals surface area (Å²) >= 11 is 0. The third-order valence-corrected chi connectivity index (χ3v) is 3.72. The van der Waals surface area contributed by atoms with Gasteiger partial charge in [-0.25, -0.2) is 0 Å². The van der Waals surface area contributed by atoms with Gasteiger partial charge in [0.25, 0.3) is 0 Å². The van der Waals surface area contributed by atoms with Crippen LogP contribution >= 0.6 is 0 Å². The molecule has 0 atom stereocenters. The quantitative estimate of drug-likeness (QED) is 0.655. The number of aliphatic imine (C=N–C) groups is 1. The van der Waals surface area contributed by atoms with Crippen molar-refractivity contribution < 1.29 is 4.74 Å². The minimum Gasteiger partial charge on any atom is -0.377 e. The van der Waals surface area contributed by atoms with Crippen LogP contribution in [0.1, 0.15) is 20.8 Å². The van der Waals surface area contributed by atoms with E-state index in [1.165, 1.54) is 6.20 Å². The van der Waals surface area contributed by atoms with Crippen molar-refractivity contribution in [2.75, 3.05) is 24.3 Å². The number of hydrogen-bond acceptors (Lipinski definition) is 7. The highest BCUT2D eigenvalue weighted by molar-refractivity contribution is 5.73. The van der Waals surface area contributed by atoms with Crippen LogP contribution in [0.5, 0.6) is 0 Å². The molecule has 0 bridgehead atoms. The minimum atomic E-state index is -0.343. The van der Waals surface area contributed by atoms with Crippen LogP contribution < -0.4 is 10.6 Å². The van der Waals surface area contributed by atoms with Gasteiger partial charge < -0.3 is 15.4 Å². The van der Waals surface area contributed by atoms with E-state index < -0.39 is 0 Å². The summed E-state index contributed by atoms with van der Waals surface area (Å²) in [6, 6.07) is 9.77. The molecule has 1 aromatic heterocycles. The SMILES string of the molecule is C=C/N=C\C=C(/C)Nc1nc(NCC(C)(C)OC)nc(-c2ccccc2)n1. The van der Waals surface area contributed by atoms with Crippen molar-refractivity contribution in [1.82, 2.24) is 15.0 Å². The van der Waals surface area contributed by atoms with Crippen LogP contribution in [0.2, 0.25) is 0 Å². The van der Waals surface area contributed by atoms with Gasteiger partial charge in [-0.2, -0.15) is 15.0 Å². The largest absolute Gasteiger partial charge is 0.377 e. The first kappa shape index (κ1) is 20.3. The first-order valence-corrected chi connectivity index (χ1v) is 8.62. The summed E-state index contributed by atoms with van der Waals surface area (Å²) in [6.45, 7) is 9.99. The van der Waals surface area contributed by atoms with Crippen molar-refractivity contribution in [1.29, 1.82) is 0 Å². The Balaban J connectivity index is 2.31. The average molecular weight is 366 g/mol. The minimum absolute atomic E-state index is 0.343. The highest BCUT2D eigenvalue weighted by Gasteiger charge is 2.17. The van der Waals surface area contributed by atoms with Crippen molar-refractivity contribution in [2.24, 2.45) is 4.99 Å². The van der Waals surface area contributed by atoms with Crippen molar-refractivity contribution in [3.8, 4) is 11.4 Å². The van der Waals surface area contributed by atoms with E-state index in [0.29, 0.717) is 24.3 Å². The van der Waals surface area contributed by atoms with Gasteiger partial charge >= 0.3 is 0 Å². The Morgan fingerprint density at radius 3 is 2.56 bits per heavy atom.